The van der Waals surface area contributed by atoms with Crippen molar-refractivity contribution in [1.82, 2.24) is 9.78 Å². The minimum Gasteiger partial charge on any atom is -0.423 e. The van der Waals surface area contributed by atoms with Crippen LogP contribution in [0.3, 0.4) is 0 Å². The van der Waals surface area contributed by atoms with Crippen LogP contribution in [0, 0.1) is 0 Å². The van der Waals surface area contributed by atoms with Gasteiger partial charge >= 0.3 is 11.7 Å². The number of nitrogens with one attached hydrogen (secondary N) is 2. The molecule has 0 bridgehead atoms. The molecule has 0 saturated heterocycles. The number of carbonyl (C=O) groups is 1. The Morgan fingerprint density at radius 1 is 1.00 bits per heavy atom. The van der Waals surface area contributed by atoms with Gasteiger partial charge in [0.2, 0.25) is 0 Å². The molecular weight excluding hydrogens is 344 g/mol. The van der Waals surface area contributed by atoms with Crippen LogP contribution in [-0.2, 0) is 6.54 Å². The number of aromatic nitrogens is 2. The second kappa shape index (κ2) is 7.17. The van der Waals surface area contributed by atoms with Crippen molar-refractivity contribution in [1.29, 1.82) is 0 Å². The van der Waals surface area contributed by atoms with E-state index in [-0.39, 0.29) is 6.03 Å². The zero-order chi connectivity index (χ0) is 18.6. The number of amides is 2. The molecule has 0 saturated carbocycles. The van der Waals surface area contributed by atoms with Crippen LogP contribution < -0.4 is 16.3 Å². The number of hydrogen-bond donors (Lipinski definition) is 2. The Morgan fingerprint density at radius 3 is 2.67 bits per heavy atom. The third-order valence-corrected chi connectivity index (χ3v) is 3.96. The average molecular weight is 360 g/mol. The van der Waals surface area contributed by atoms with Gasteiger partial charge in [-0.05, 0) is 29.8 Å². The molecule has 7 heteroatoms. The average Bonchev–Trinajstić information content (AvgIpc) is 3.09. The second-order valence-corrected chi connectivity index (χ2v) is 6.00. The molecule has 7 nitrogen and oxygen atoms in total. The first-order chi connectivity index (χ1) is 13.2. The van der Waals surface area contributed by atoms with Crippen LogP contribution >= 0.6 is 0 Å². The van der Waals surface area contributed by atoms with Crippen molar-refractivity contribution >= 4 is 28.4 Å². The van der Waals surface area contributed by atoms with E-state index in [2.05, 4.69) is 15.7 Å². The number of urea groups is 1. The Bertz CT molecular complexity index is 1150. The van der Waals surface area contributed by atoms with Crippen molar-refractivity contribution in [3.05, 3.63) is 89.0 Å². The van der Waals surface area contributed by atoms with Gasteiger partial charge in [-0.1, -0.05) is 30.3 Å². The summed E-state index contributed by atoms with van der Waals surface area (Å²) in [5, 5.41) is 10.5. The van der Waals surface area contributed by atoms with E-state index in [0.29, 0.717) is 23.5 Å². The molecule has 2 N–H and O–H groups in total. The van der Waals surface area contributed by atoms with E-state index in [9.17, 15) is 9.59 Å². The highest BCUT2D eigenvalue weighted by molar-refractivity contribution is 6.00. The Morgan fingerprint density at radius 2 is 1.81 bits per heavy atom. The number of hydrogen-bond acceptors (Lipinski definition) is 4. The summed E-state index contributed by atoms with van der Waals surface area (Å²) in [5.41, 5.74) is 2.37. The van der Waals surface area contributed by atoms with Gasteiger partial charge in [0.05, 0.1) is 18.4 Å². The number of fused-ring (bicyclic) bond motifs is 1. The van der Waals surface area contributed by atoms with E-state index >= 15 is 0 Å². The van der Waals surface area contributed by atoms with Gasteiger partial charge in [-0.3, -0.25) is 4.68 Å². The molecule has 0 atom stereocenters. The van der Waals surface area contributed by atoms with Crippen LogP contribution in [0.2, 0.25) is 0 Å². The van der Waals surface area contributed by atoms with Crippen LogP contribution in [0.1, 0.15) is 5.56 Å². The van der Waals surface area contributed by atoms with Gasteiger partial charge in [0.25, 0.3) is 0 Å². The minimum atomic E-state index is -0.409. The fourth-order valence-corrected chi connectivity index (χ4v) is 2.73. The zero-order valence-corrected chi connectivity index (χ0v) is 14.3. The molecule has 4 aromatic rings. The highest BCUT2D eigenvalue weighted by atomic mass is 16.4. The molecule has 134 valence electrons. The van der Waals surface area contributed by atoms with Crippen LogP contribution in [0.5, 0.6) is 0 Å². The quantitative estimate of drug-likeness (QED) is 0.543. The molecule has 0 radical (unpaired) electrons. The summed E-state index contributed by atoms with van der Waals surface area (Å²) < 4.78 is 6.83. The largest absolute Gasteiger partial charge is 0.423 e. The lowest BCUT2D eigenvalue weighted by Crippen LogP contribution is -2.19. The van der Waals surface area contributed by atoms with E-state index in [0.717, 1.165) is 10.9 Å². The van der Waals surface area contributed by atoms with Crippen molar-refractivity contribution in [2.24, 2.45) is 0 Å². The summed E-state index contributed by atoms with van der Waals surface area (Å²) in [6.07, 6.45) is 3.36. The standard InChI is InChI=1S/C20H16N4O3/c25-19-9-6-15-10-16(7-8-18(15)27-19)22-20(26)23-17-11-21-24(13-17)12-14-4-2-1-3-5-14/h1-11,13H,12H2,(H2,22,23,26). The summed E-state index contributed by atoms with van der Waals surface area (Å²) in [5.74, 6) is 0. The zero-order valence-electron chi connectivity index (χ0n) is 14.3. The maximum absolute atomic E-state index is 12.2. The fraction of sp³-hybridized carbons (Fsp3) is 0.0500. The SMILES string of the molecule is O=C(Nc1ccc2oc(=O)ccc2c1)Nc1cnn(Cc2ccccc2)c1. The molecular formula is C20H16N4O3. The van der Waals surface area contributed by atoms with Crippen molar-refractivity contribution in [2.75, 3.05) is 10.6 Å². The molecule has 2 aromatic heterocycles. The van der Waals surface area contributed by atoms with Gasteiger partial charge in [-0.2, -0.15) is 5.10 Å². The lowest BCUT2D eigenvalue weighted by atomic mass is 10.2. The van der Waals surface area contributed by atoms with E-state index in [1.165, 1.54) is 6.07 Å². The van der Waals surface area contributed by atoms with E-state index in [1.54, 1.807) is 41.3 Å². The number of nitrogens with zero attached hydrogens (tertiary/aromatic N) is 2. The number of rotatable bonds is 4. The summed E-state index contributed by atoms with van der Waals surface area (Å²) in [6, 6.07) is 17.6. The van der Waals surface area contributed by atoms with Crippen LogP contribution in [0.4, 0.5) is 16.2 Å². The Hall–Kier alpha value is -3.87. The predicted molar refractivity (Wildman–Crippen MR) is 103 cm³/mol. The second-order valence-electron chi connectivity index (χ2n) is 6.00. The molecule has 0 aliphatic rings. The first-order valence-electron chi connectivity index (χ1n) is 8.34. The normalized spacial score (nSPS) is 10.7. The van der Waals surface area contributed by atoms with Gasteiger partial charge in [-0.25, -0.2) is 9.59 Å². The number of anilines is 2. The third-order valence-electron chi connectivity index (χ3n) is 3.96. The van der Waals surface area contributed by atoms with Crippen molar-refractivity contribution in [3.8, 4) is 0 Å². The molecule has 2 heterocycles. The first kappa shape index (κ1) is 16.6. The maximum Gasteiger partial charge on any atom is 0.336 e. The smallest absolute Gasteiger partial charge is 0.336 e. The lowest BCUT2D eigenvalue weighted by Gasteiger charge is -2.06. The van der Waals surface area contributed by atoms with Gasteiger partial charge in [0.15, 0.2) is 0 Å². The summed E-state index contributed by atoms with van der Waals surface area (Å²) >= 11 is 0. The monoisotopic (exact) mass is 360 g/mol. The Balaban J connectivity index is 1.41. The molecule has 0 fully saturated rings. The van der Waals surface area contributed by atoms with Crippen molar-refractivity contribution in [3.63, 3.8) is 0 Å². The third kappa shape index (κ3) is 4.04. The molecule has 0 aliphatic heterocycles. The van der Waals surface area contributed by atoms with Crippen molar-refractivity contribution in [2.45, 2.75) is 6.54 Å². The van der Waals surface area contributed by atoms with Gasteiger partial charge in [-0.15, -0.1) is 0 Å². The van der Waals surface area contributed by atoms with Gasteiger partial charge < -0.3 is 15.1 Å². The van der Waals surface area contributed by atoms with Crippen LogP contribution in [0.25, 0.3) is 11.0 Å². The molecule has 0 spiro atoms. The molecule has 27 heavy (non-hydrogen) atoms. The summed E-state index contributed by atoms with van der Waals surface area (Å²) in [4.78, 5) is 23.4. The summed E-state index contributed by atoms with van der Waals surface area (Å²) in [7, 11) is 0. The Kier molecular flexibility index (Phi) is 4.40. The lowest BCUT2D eigenvalue weighted by molar-refractivity contribution is 0.262. The molecule has 0 unspecified atom stereocenters. The van der Waals surface area contributed by atoms with Gasteiger partial charge in [0, 0.05) is 23.3 Å². The van der Waals surface area contributed by atoms with Crippen LogP contribution in [0.15, 0.2) is 82.3 Å². The van der Waals surface area contributed by atoms with Gasteiger partial charge in [0.1, 0.15) is 5.58 Å². The molecule has 2 aromatic carbocycles. The van der Waals surface area contributed by atoms with E-state index in [1.807, 2.05) is 30.3 Å². The number of carbonyl (C=O) groups excluding carboxylic acids is 1. The van der Waals surface area contributed by atoms with Crippen molar-refractivity contribution < 1.29 is 9.21 Å². The van der Waals surface area contributed by atoms with E-state index < -0.39 is 5.63 Å². The maximum atomic E-state index is 12.2. The Labute approximate surface area is 154 Å². The van der Waals surface area contributed by atoms with E-state index in [4.69, 9.17) is 4.42 Å². The van der Waals surface area contributed by atoms with Crippen LogP contribution in [-0.4, -0.2) is 15.8 Å². The molecule has 0 aliphatic carbocycles. The molecule has 4 rings (SSSR count). The number of benzene rings is 2. The molecule has 2 amide bonds. The first-order valence-corrected chi connectivity index (χ1v) is 8.34. The highest BCUT2D eigenvalue weighted by Crippen LogP contribution is 2.18. The predicted octanol–water partition coefficient (Wildman–Crippen LogP) is 3.68. The highest BCUT2D eigenvalue weighted by Gasteiger charge is 2.06. The fourth-order valence-electron chi connectivity index (χ4n) is 2.73. The minimum absolute atomic E-state index is 0.383. The summed E-state index contributed by atoms with van der Waals surface area (Å²) in [6.45, 7) is 0.625. The topological polar surface area (TPSA) is 89.2 Å².